The molecule has 3 nitrogen and oxygen atoms in total. The molecule has 3 rings (SSSR count). The Balaban J connectivity index is 1.97. The van der Waals surface area contributed by atoms with E-state index in [1.165, 1.54) is 2.88 Å². The van der Waals surface area contributed by atoms with Crippen molar-refractivity contribution in [1.29, 1.82) is 0 Å². The Hall–Kier alpha value is -0.920. The molecule has 1 aliphatic rings. The van der Waals surface area contributed by atoms with Gasteiger partial charge in [-0.25, -0.2) is 0 Å². The normalized spacial score (nSPS) is 16.2. The number of carbonyl (C=O) groups is 1. The fourth-order valence-corrected chi connectivity index (χ4v) is 3.88. The van der Waals surface area contributed by atoms with E-state index < -0.39 is 0 Å². The van der Waals surface area contributed by atoms with Crippen molar-refractivity contribution in [3.05, 3.63) is 54.8 Å². The zero-order chi connectivity index (χ0) is 14.1. The van der Waals surface area contributed by atoms with Gasteiger partial charge in [-0.05, 0) is 69.6 Å². The number of hydrogen-bond acceptors (Lipinski definition) is 3. The number of benzene rings is 1. The monoisotopic (exact) mass is 398 g/mol. The van der Waals surface area contributed by atoms with Gasteiger partial charge < -0.3 is 11.1 Å². The molecule has 1 atom stereocenters. The van der Waals surface area contributed by atoms with Crippen LogP contribution in [0.2, 0.25) is 0 Å². The van der Waals surface area contributed by atoms with Gasteiger partial charge in [0.25, 0.3) is 5.91 Å². The van der Waals surface area contributed by atoms with Crippen molar-refractivity contribution in [1.82, 2.24) is 5.32 Å². The third-order valence-corrected chi connectivity index (χ3v) is 5.40. The number of aryl methyl sites for hydroxylation is 1. The number of amides is 1. The van der Waals surface area contributed by atoms with Crippen molar-refractivity contribution in [2.24, 2.45) is 5.73 Å². The van der Waals surface area contributed by atoms with Gasteiger partial charge in [0.05, 0.1) is 8.93 Å². The van der Waals surface area contributed by atoms with Gasteiger partial charge in [0.2, 0.25) is 0 Å². The van der Waals surface area contributed by atoms with E-state index in [4.69, 9.17) is 5.73 Å². The minimum absolute atomic E-state index is 0.0199. The highest BCUT2D eigenvalue weighted by Gasteiger charge is 2.18. The number of halogens is 1. The third-order valence-electron chi connectivity index (χ3n) is 3.59. The largest absolute Gasteiger partial charge is 0.352 e. The molecule has 1 aromatic heterocycles. The average molecular weight is 398 g/mol. The Bertz CT molecular complexity index is 653. The molecule has 2 heterocycles. The van der Waals surface area contributed by atoms with Gasteiger partial charge in [0, 0.05) is 12.1 Å². The molecule has 1 amide bonds. The van der Waals surface area contributed by atoms with Gasteiger partial charge in [0.1, 0.15) is 0 Å². The molecule has 2 aromatic rings. The zero-order valence-electron chi connectivity index (χ0n) is 10.9. The molecule has 1 aliphatic heterocycles. The van der Waals surface area contributed by atoms with Crippen molar-refractivity contribution in [2.45, 2.75) is 18.9 Å². The van der Waals surface area contributed by atoms with E-state index in [0.717, 1.165) is 41.6 Å². The molecule has 5 heteroatoms. The Labute approximate surface area is 135 Å². The summed E-state index contributed by atoms with van der Waals surface area (Å²) in [7, 11) is 0. The van der Waals surface area contributed by atoms with E-state index in [2.05, 4.69) is 39.4 Å². The van der Waals surface area contributed by atoms with Crippen LogP contribution < -0.4 is 11.1 Å². The summed E-state index contributed by atoms with van der Waals surface area (Å²) in [6, 6.07) is 7.97. The van der Waals surface area contributed by atoms with Crippen molar-refractivity contribution in [3.63, 3.8) is 0 Å². The van der Waals surface area contributed by atoms with Crippen molar-refractivity contribution in [3.8, 4) is 0 Å². The average Bonchev–Trinajstić information content (AvgIpc) is 2.80. The molecular formula is C15H15IN2OS. The minimum atomic E-state index is -0.170. The predicted octanol–water partition coefficient (Wildman–Crippen LogP) is 3.08. The van der Waals surface area contributed by atoms with Gasteiger partial charge in [-0.15, -0.1) is 11.3 Å². The van der Waals surface area contributed by atoms with E-state index in [-0.39, 0.29) is 11.9 Å². The van der Waals surface area contributed by atoms with Crippen LogP contribution in [-0.2, 0) is 6.42 Å². The van der Waals surface area contributed by atoms with Crippen LogP contribution >= 0.6 is 33.9 Å². The lowest BCUT2D eigenvalue weighted by Gasteiger charge is -2.13. The first-order chi connectivity index (χ1) is 9.65. The van der Waals surface area contributed by atoms with E-state index in [1.54, 1.807) is 11.3 Å². The topological polar surface area (TPSA) is 55.1 Å². The second-order valence-electron chi connectivity index (χ2n) is 4.94. The highest BCUT2D eigenvalue weighted by Crippen LogP contribution is 2.27. The number of hydrogen-bond donors (Lipinski definition) is 2. The van der Waals surface area contributed by atoms with Crippen molar-refractivity contribution < 1.29 is 4.79 Å². The van der Waals surface area contributed by atoms with Crippen molar-refractivity contribution in [2.75, 3.05) is 6.54 Å². The molecule has 0 saturated heterocycles. The maximum Gasteiger partial charge on any atom is 0.251 e. The lowest BCUT2D eigenvalue weighted by molar-refractivity contribution is 0.0956. The fourth-order valence-electron chi connectivity index (χ4n) is 2.47. The molecule has 20 heavy (non-hydrogen) atoms. The predicted molar refractivity (Wildman–Crippen MR) is 90.2 cm³/mol. The summed E-state index contributed by atoms with van der Waals surface area (Å²) in [5.41, 5.74) is 10.3. The maximum atomic E-state index is 12.1. The first kappa shape index (κ1) is 14.0. The molecule has 1 aromatic carbocycles. The van der Waals surface area contributed by atoms with Gasteiger partial charge in [0.15, 0.2) is 0 Å². The highest BCUT2D eigenvalue weighted by atomic mass is 127. The standard InChI is InChI=1S/C15H15IN2OS/c16-13-7-11(8-20-13)14(17)10-4-3-9-2-1-5-18-15(19)12(9)6-10/h3-4,6-8,14H,1-2,5,17H2,(H,18,19). The molecule has 0 spiro atoms. The quantitative estimate of drug-likeness (QED) is 0.765. The van der Waals surface area contributed by atoms with Crippen LogP contribution in [0, 0.1) is 2.88 Å². The lowest BCUT2D eigenvalue weighted by atomic mass is 9.95. The van der Waals surface area contributed by atoms with Crippen LogP contribution in [0.3, 0.4) is 0 Å². The lowest BCUT2D eigenvalue weighted by Crippen LogP contribution is -2.23. The molecule has 0 radical (unpaired) electrons. The van der Waals surface area contributed by atoms with Crippen LogP contribution in [0.15, 0.2) is 29.6 Å². The Morgan fingerprint density at radius 2 is 2.15 bits per heavy atom. The van der Waals surface area contributed by atoms with Crippen LogP contribution in [0.4, 0.5) is 0 Å². The summed E-state index contributed by atoms with van der Waals surface area (Å²) in [5, 5.41) is 5.01. The second-order valence-corrected chi connectivity index (χ2v) is 7.74. The summed E-state index contributed by atoms with van der Waals surface area (Å²) in [6.07, 6.45) is 1.94. The van der Waals surface area contributed by atoms with Gasteiger partial charge in [-0.1, -0.05) is 12.1 Å². The van der Waals surface area contributed by atoms with Crippen LogP contribution in [0.1, 0.15) is 39.5 Å². The number of thiophene rings is 1. The first-order valence-electron chi connectivity index (χ1n) is 6.55. The van der Waals surface area contributed by atoms with E-state index in [1.807, 2.05) is 18.2 Å². The minimum Gasteiger partial charge on any atom is -0.352 e. The summed E-state index contributed by atoms with van der Waals surface area (Å²) >= 11 is 3.98. The van der Waals surface area contributed by atoms with E-state index in [9.17, 15) is 4.79 Å². The Kier molecular flexibility index (Phi) is 4.09. The number of rotatable bonds is 2. The summed E-state index contributed by atoms with van der Waals surface area (Å²) in [5.74, 6) is 0.0199. The smallest absolute Gasteiger partial charge is 0.251 e. The highest BCUT2D eigenvalue weighted by molar-refractivity contribution is 14.1. The SMILES string of the molecule is NC(c1csc(I)c1)c1ccc2c(c1)C(=O)NCCC2. The summed E-state index contributed by atoms with van der Waals surface area (Å²) < 4.78 is 1.22. The maximum absolute atomic E-state index is 12.1. The fraction of sp³-hybridized carbons (Fsp3) is 0.267. The Morgan fingerprint density at radius 1 is 1.30 bits per heavy atom. The molecule has 104 valence electrons. The number of fused-ring (bicyclic) bond motifs is 1. The van der Waals surface area contributed by atoms with Gasteiger partial charge in [-0.2, -0.15) is 0 Å². The molecule has 1 unspecified atom stereocenters. The van der Waals surface area contributed by atoms with Crippen LogP contribution in [0.25, 0.3) is 0 Å². The number of carbonyl (C=O) groups excluding carboxylic acids is 1. The summed E-state index contributed by atoms with van der Waals surface area (Å²) in [6.45, 7) is 0.748. The molecule has 0 saturated carbocycles. The van der Waals surface area contributed by atoms with Crippen LogP contribution in [-0.4, -0.2) is 12.5 Å². The van der Waals surface area contributed by atoms with Crippen molar-refractivity contribution >= 4 is 39.8 Å². The van der Waals surface area contributed by atoms with E-state index in [0.29, 0.717) is 0 Å². The van der Waals surface area contributed by atoms with Crippen LogP contribution in [0.5, 0.6) is 0 Å². The molecular weight excluding hydrogens is 383 g/mol. The molecule has 0 bridgehead atoms. The van der Waals surface area contributed by atoms with Gasteiger partial charge >= 0.3 is 0 Å². The molecule has 0 fully saturated rings. The number of nitrogens with two attached hydrogens (primary N) is 1. The Morgan fingerprint density at radius 3 is 2.90 bits per heavy atom. The molecule has 3 N–H and O–H groups in total. The van der Waals surface area contributed by atoms with Gasteiger partial charge in [-0.3, -0.25) is 4.79 Å². The summed E-state index contributed by atoms with van der Waals surface area (Å²) in [4.78, 5) is 12.1. The molecule has 0 aliphatic carbocycles. The van der Waals surface area contributed by atoms with E-state index >= 15 is 0 Å². The zero-order valence-corrected chi connectivity index (χ0v) is 13.8. The second kappa shape index (κ2) is 5.83. The third kappa shape index (κ3) is 2.75. The number of nitrogens with one attached hydrogen (secondary N) is 1. The first-order valence-corrected chi connectivity index (χ1v) is 8.51.